The molecule has 0 saturated heterocycles. The third-order valence-corrected chi connectivity index (χ3v) is 0.751. The summed E-state index contributed by atoms with van der Waals surface area (Å²) < 4.78 is 0. The van der Waals surface area contributed by atoms with Gasteiger partial charge in [-0.3, -0.25) is 5.41 Å². The summed E-state index contributed by atoms with van der Waals surface area (Å²) in [5.74, 6) is -0.0359. The molecule has 6 heteroatoms. The highest BCUT2D eigenvalue weighted by atomic mass is 35.5. The van der Waals surface area contributed by atoms with Crippen molar-refractivity contribution in [2.75, 3.05) is 0 Å². The summed E-state index contributed by atoms with van der Waals surface area (Å²) in [5, 5.41) is 8.19. The Balaban J connectivity index is 0.000000640. The van der Waals surface area contributed by atoms with Gasteiger partial charge >= 0.3 is 0 Å². The zero-order valence-corrected chi connectivity index (χ0v) is 5.40. The van der Waals surface area contributed by atoms with Crippen LogP contribution >= 0.6 is 12.4 Å². The summed E-state index contributed by atoms with van der Waals surface area (Å²) in [6.07, 6.45) is 3.25. The predicted molar refractivity (Wildman–Crippen MR) is 36.4 cm³/mol. The molecule has 5 nitrogen and oxygen atoms in total. The maximum absolute atomic E-state index is 6.84. The molecule has 0 aromatic rings. The molecule has 0 spiro atoms. The molecule has 1 aliphatic rings. The van der Waals surface area contributed by atoms with Crippen molar-refractivity contribution in [1.29, 1.82) is 5.41 Å². The molecule has 0 amide bonds. The second-order valence-corrected chi connectivity index (χ2v) is 1.33. The molecule has 0 aliphatic carbocycles. The van der Waals surface area contributed by atoms with Gasteiger partial charge in [0.25, 0.3) is 0 Å². The van der Waals surface area contributed by atoms with Gasteiger partial charge in [-0.1, -0.05) is 0 Å². The van der Waals surface area contributed by atoms with E-state index in [4.69, 9.17) is 11.1 Å². The topological polar surface area (TPSA) is 77.2 Å². The fraction of sp³-hybridized carbons (Fsp3) is 0. The van der Waals surface area contributed by atoms with Crippen molar-refractivity contribution in [3.05, 3.63) is 12.4 Å². The van der Waals surface area contributed by atoms with E-state index in [1.54, 1.807) is 12.4 Å². The van der Waals surface area contributed by atoms with Crippen LogP contribution in [0, 0.1) is 5.41 Å². The SMILES string of the molecule is Cl.N=C(N)N1C=CNN1. The van der Waals surface area contributed by atoms with Gasteiger partial charge in [0.2, 0.25) is 5.96 Å². The highest BCUT2D eigenvalue weighted by molar-refractivity contribution is 5.85. The maximum Gasteiger partial charge on any atom is 0.208 e. The number of nitrogens with two attached hydrogens (primary N) is 1. The van der Waals surface area contributed by atoms with Crippen LogP contribution in [0.25, 0.3) is 0 Å². The number of hydrogen-bond acceptors (Lipinski definition) is 3. The molecular formula is C3H8ClN5. The summed E-state index contributed by atoms with van der Waals surface area (Å²) in [6, 6.07) is 0. The number of nitrogens with zero attached hydrogens (tertiary/aromatic N) is 1. The van der Waals surface area contributed by atoms with Crippen LogP contribution in [0.3, 0.4) is 0 Å². The molecule has 1 rings (SSSR count). The van der Waals surface area contributed by atoms with Crippen LogP contribution in [0.2, 0.25) is 0 Å². The van der Waals surface area contributed by atoms with Crippen molar-refractivity contribution in [3.63, 3.8) is 0 Å². The Morgan fingerprint density at radius 1 is 1.67 bits per heavy atom. The minimum absolute atomic E-state index is 0. The molecule has 1 aliphatic heterocycles. The lowest BCUT2D eigenvalue weighted by Crippen LogP contribution is -2.43. The van der Waals surface area contributed by atoms with Crippen molar-refractivity contribution in [2.24, 2.45) is 5.73 Å². The summed E-state index contributed by atoms with van der Waals surface area (Å²) in [5.41, 5.74) is 10.3. The number of hydrogen-bond donors (Lipinski definition) is 4. The minimum Gasteiger partial charge on any atom is -0.369 e. The summed E-state index contributed by atoms with van der Waals surface area (Å²) in [6.45, 7) is 0. The number of hydrazine groups is 2. The second kappa shape index (κ2) is 3.16. The van der Waals surface area contributed by atoms with Gasteiger partial charge in [-0.15, -0.1) is 17.9 Å². The van der Waals surface area contributed by atoms with Gasteiger partial charge in [-0.2, -0.15) is 0 Å². The molecular weight excluding hydrogens is 142 g/mol. The summed E-state index contributed by atoms with van der Waals surface area (Å²) >= 11 is 0. The van der Waals surface area contributed by atoms with Crippen molar-refractivity contribution >= 4 is 18.4 Å². The highest BCUT2D eigenvalue weighted by Gasteiger charge is 2.02. The lowest BCUT2D eigenvalue weighted by atomic mass is 10.8. The molecule has 5 N–H and O–H groups in total. The van der Waals surface area contributed by atoms with E-state index in [9.17, 15) is 0 Å². The number of rotatable bonds is 0. The summed E-state index contributed by atoms with van der Waals surface area (Å²) in [7, 11) is 0. The Hall–Kier alpha value is -0.940. The van der Waals surface area contributed by atoms with E-state index in [1.165, 1.54) is 5.01 Å². The van der Waals surface area contributed by atoms with E-state index in [0.717, 1.165) is 0 Å². The number of halogens is 1. The third kappa shape index (κ3) is 1.79. The highest BCUT2D eigenvalue weighted by Crippen LogP contribution is 1.83. The van der Waals surface area contributed by atoms with Gasteiger partial charge in [0, 0.05) is 12.4 Å². The van der Waals surface area contributed by atoms with Crippen molar-refractivity contribution in [3.8, 4) is 0 Å². The first-order valence-corrected chi connectivity index (χ1v) is 2.12. The van der Waals surface area contributed by atoms with Crippen LogP contribution in [0.5, 0.6) is 0 Å². The molecule has 0 unspecified atom stereocenters. The van der Waals surface area contributed by atoms with E-state index >= 15 is 0 Å². The quantitative estimate of drug-likeness (QED) is 0.266. The van der Waals surface area contributed by atoms with E-state index in [-0.39, 0.29) is 18.4 Å². The Labute approximate surface area is 58.8 Å². The Morgan fingerprint density at radius 2 is 2.33 bits per heavy atom. The zero-order chi connectivity index (χ0) is 5.98. The standard InChI is InChI=1S/C3H7N5.ClH/c4-3(5)8-2-1-6-7-8;/h1-2,6-7H,(H3,4,5);1H. The molecule has 0 atom stereocenters. The fourth-order valence-corrected chi connectivity index (χ4v) is 0.396. The van der Waals surface area contributed by atoms with Gasteiger partial charge in [0.05, 0.1) is 0 Å². The van der Waals surface area contributed by atoms with Crippen LogP contribution in [0.4, 0.5) is 0 Å². The molecule has 52 valence electrons. The molecule has 0 radical (unpaired) electrons. The lowest BCUT2D eigenvalue weighted by Gasteiger charge is -2.10. The molecule has 1 heterocycles. The Bertz CT molecular complexity index is 132. The molecule has 0 saturated carbocycles. The van der Waals surface area contributed by atoms with Crippen LogP contribution in [-0.4, -0.2) is 11.0 Å². The first-order valence-electron chi connectivity index (χ1n) is 2.12. The van der Waals surface area contributed by atoms with Gasteiger partial charge in [0.15, 0.2) is 0 Å². The first kappa shape index (κ1) is 8.06. The maximum atomic E-state index is 6.84. The van der Waals surface area contributed by atoms with Crippen LogP contribution in [-0.2, 0) is 0 Å². The number of nitrogens with one attached hydrogen (secondary N) is 3. The molecule has 0 fully saturated rings. The lowest BCUT2D eigenvalue weighted by molar-refractivity contribution is 0.398. The van der Waals surface area contributed by atoms with Crippen molar-refractivity contribution in [1.82, 2.24) is 16.0 Å². The van der Waals surface area contributed by atoms with Crippen molar-refractivity contribution < 1.29 is 0 Å². The second-order valence-electron chi connectivity index (χ2n) is 1.33. The van der Waals surface area contributed by atoms with E-state index in [0.29, 0.717) is 0 Å². The average molecular weight is 150 g/mol. The minimum atomic E-state index is -0.0359. The van der Waals surface area contributed by atoms with E-state index in [1.807, 2.05) is 0 Å². The Kier molecular flexibility index (Phi) is 2.83. The average Bonchev–Trinajstić information content (AvgIpc) is 2.12. The predicted octanol–water partition coefficient (Wildman–Crippen LogP) is -0.902. The fourth-order valence-electron chi connectivity index (χ4n) is 0.396. The molecule has 0 aromatic carbocycles. The Morgan fingerprint density at radius 3 is 2.56 bits per heavy atom. The normalized spacial score (nSPS) is 14.4. The van der Waals surface area contributed by atoms with Gasteiger partial charge in [-0.05, 0) is 0 Å². The first-order chi connectivity index (χ1) is 3.80. The number of guanidine groups is 1. The van der Waals surface area contributed by atoms with Gasteiger partial charge < -0.3 is 11.2 Å². The van der Waals surface area contributed by atoms with Crippen LogP contribution < -0.4 is 16.7 Å². The van der Waals surface area contributed by atoms with Crippen molar-refractivity contribution in [2.45, 2.75) is 0 Å². The third-order valence-electron chi connectivity index (χ3n) is 0.751. The molecule has 0 bridgehead atoms. The zero-order valence-electron chi connectivity index (χ0n) is 4.59. The summed E-state index contributed by atoms with van der Waals surface area (Å²) in [4.78, 5) is 0. The monoisotopic (exact) mass is 149 g/mol. The van der Waals surface area contributed by atoms with Gasteiger partial charge in [0.1, 0.15) is 0 Å². The van der Waals surface area contributed by atoms with Crippen LogP contribution in [0.1, 0.15) is 0 Å². The molecule has 9 heavy (non-hydrogen) atoms. The molecule has 0 aromatic heterocycles. The van der Waals surface area contributed by atoms with E-state index in [2.05, 4.69) is 11.0 Å². The largest absolute Gasteiger partial charge is 0.369 e. The van der Waals surface area contributed by atoms with E-state index < -0.39 is 0 Å². The van der Waals surface area contributed by atoms with Gasteiger partial charge in [-0.25, -0.2) is 5.01 Å². The van der Waals surface area contributed by atoms with Crippen LogP contribution in [0.15, 0.2) is 12.4 Å². The smallest absolute Gasteiger partial charge is 0.208 e.